The number of benzene rings is 2. The maximum atomic E-state index is 13.2. The summed E-state index contributed by atoms with van der Waals surface area (Å²) in [6, 6.07) is 17.7. The number of carbonyl (C=O) groups is 2. The van der Waals surface area contributed by atoms with Crippen LogP contribution in [0.3, 0.4) is 0 Å². The molecule has 4 nitrogen and oxygen atoms in total. The van der Waals surface area contributed by atoms with E-state index in [1.54, 1.807) is 59.6 Å². The van der Waals surface area contributed by atoms with E-state index in [1.165, 1.54) is 5.01 Å². The smallest absolute Gasteiger partial charge is 0.267 e. The van der Waals surface area contributed by atoms with Crippen LogP contribution >= 0.6 is 0 Å². The zero-order valence-electron chi connectivity index (χ0n) is 15.0. The van der Waals surface area contributed by atoms with Crippen molar-refractivity contribution in [1.82, 2.24) is 10.0 Å². The minimum Gasteiger partial charge on any atom is -0.267 e. The fourth-order valence-electron chi connectivity index (χ4n) is 2.50. The van der Waals surface area contributed by atoms with Gasteiger partial charge in [0.1, 0.15) is 0 Å². The molecule has 0 bridgehead atoms. The Hall–Kier alpha value is -2.72. The van der Waals surface area contributed by atoms with Gasteiger partial charge in [-0.05, 0) is 45.0 Å². The molecule has 2 aromatic carbocycles. The summed E-state index contributed by atoms with van der Waals surface area (Å²) < 4.78 is 0. The lowest BCUT2D eigenvalue weighted by atomic mass is 10.1. The third-order valence-corrected chi connectivity index (χ3v) is 3.74. The average Bonchev–Trinajstić information content (AvgIpc) is 2.61. The van der Waals surface area contributed by atoms with E-state index in [2.05, 4.69) is 6.58 Å². The highest BCUT2D eigenvalue weighted by Crippen LogP contribution is 2.21. The second kappa shape index (κ2) is 7.90. The van der Waals surface area contributed by atoms with Gasteiger partial charge in [-0.2, -0.15) is 0 Å². The van der Waals surface area contributed by atoms with Gasteiger partial charge in [0.15, 0.2) is 0 Å². The zero-order valence-corrected chi connectivity index (χ0v) is 15.0. The lowest BCUT2D eigenvalue weighted by Crippen LogP contribution is -2.57. The average molecular weight is 336 g/mol. The minimum absolute atomic E-state index is 0.355. The van der Waals surface area contributed by atoms with Gasteiger partial charge in [-0.15, -0.1) is 6.58 Å². The highest BCUT2D eigenvalue weighted by atomic mass is 16.2. The Bertz CT molecular complexity index is 682. The first-order chi connectivity index (χ1) is 11.9. The molecule has 0 aromatic heterocycles. The van der Waals surface area contributed by atoms with Crippen LogP contribution < -0.4 is 0 Å². The number of hydrogen-bond donors (Lipinski definition) is 0. The van der Waals surface area contributed by atoms with Crippen molar-refractivity contribution in [2.75, 3.05) is 6.54 Å². The van der Waals surface area contributed by atoms with E-state index in [0.29, 0.717) is 17.7 Å². The molecule has 0 aliphatic heterocycles. The van der Waals surface area contributed by atoms with Crippen LogP contribution in [-0.4, -0.2) is 33.9 Å². The highest BCUT2D eigenvalue weighted by molar-refractivity contribution is 6.09. The Labute approximate surface area is 149 Å². The summed E-state index contributed by atoms with van der Waals surface area (Å²) in [4.78, 5) is 26.3. The molecule has 2 amide bonds. The molecule has 0 saturated carbocycles. The van der Waals surface area contributed by atoms with Crippen LogP contribution in [0.1, 0.15) is 41.5 Å². The van der Waals surface area contributed by atoms with Crippen molar-refractivity contribution >= 4 is 11.8 Å². The third kappa shape index (κ3) is 4.43. The SMILES string of the molecule is C=CCN(N(C(=O)c1ccccc1)C(=O)c1ccccc1)C(C)(C)C. The highest BCUT2D eigenvalue weighted by Gasteiger charge is 2.35. The predicted molar refractivity (Wildman–Crippen MR) is 100 cm³/mol. The molecule has 0 unspecified atom stereocenters. The van der Waals surface area contributed by atoms with Crippen molar-refractivity contribution in [3.05, 3.63) is 84.4 Å². The Balaban J connectivity index is 2.52. The molecule has 25 heavy (non-hydrogen) atoms. The van der Waals surface area contributed by atoms with Gasteiger partial charge < -0.3 is 0 Å². The predicted octanol–water partition coefficient (Wildman–Crippen LogP) is 4.17. The van der Waals surface area contributed by atoms with E-state index < -0.39 is 5.54 Å². The van der Waals surface area contributed by atoms with Crippen molar-refractivity contribution in [3.63, 3.8) is 0 Å². The lowest BCUT2D eigenvalue weighted by molar-refractivity contribution is -0.0402. The van der Waals surface area contributed by atoms with Crippen molar-refractivity contribution in [1.29, 1.82) is 0 Å². The number of hydrazine groups is 1. The van der Waals surface area contributed by atoms with Crippen molar-refractivity contribution in [2.45, 2.75) is 26.3 Å². The normalized spacial score (nSPS) is 11.2. The minimum atomic E-state index is -0.441. The monoisotopic (exact) mass is 336 g/mol. The molecule has 0 aliphatic carbocycles. The molecule has 4 heteroatoms. The number of imide groups is 1. The van der Waals surface area contributed by atoms with Crippen LogP contribution in [-0.2, 0) is 0 Å². The van der Waals surface area contributed by atoms with Crippen molar-refractivity contribution < 1.29 is 9.59 Å². The number of amides is 2. The summed E-state index contributed by atoms with van der Waals surface area (Å²) >= 11 is 0. The van der Waals surface area contributed by atoms with Crippen LogP contribution in [0, 0.1) is 0 Å². The maximum absolute atomic E-state index is 13.2. The van der Waals surface area contributed by atoms with Gasteiger partial charge in [-0.25, -0.2) is 10.0 Å². The first-order valence-corrected chi connectivity index (χ1v) is 8.23. The van der Waals surface area contributed by atoms with Gasteiger partial charge in [0, 0.05) is 23.2 Å². The van der Waals surface area contributed by atoms with Crippen LogP contribution in [0.4, 0.5) is 0 Å². The molecule has 0 atom stereocenters. The number of hydrogen-bond acceptors (Lipinski definition) is 3. The Kier molecular flexibility index (Phi) is 5.88. The number of rotatable bonds is 5. The molecule has 0 saturated heterocycles. The largest absolute Gasteiger partial charge is 0.275 e. The van der Waals surface area contributed by atoms with Gasteiger partial charge >= 0.3 is 0 Å². The van der Waals surface area contributed by atoms with Crippen LogP contribution in [0.2, 0.25) is 0 Å². The lowest BCUT2D eigenvalue weighted by Gasteiger charge is -2.41. The zero-order chi connectivity index (χ0) is 18.4. The summed E-state index contributed by atoms with van der Waals surface area (Å²) in [6.07, 6.45) is 1.69. The molecule has 0 N–H and O–H groups in total. The molecule has 0 spiro atoms. The number of carbonyl (C=O) groups excluding carboxylic acids is 2. The molecule has 0 radical (unpaired) electrons. The molecular weight excluding hydrogens is 312 g/mol. The molecular formula is C21H24N2O2. The fraction of sp³-hybridized carbons (Fsp3) is 0.238. The Morgan fingerprint density at radius 2 is 1.28 bits per heavy atom. The van der Waals surface area contributed by atoms with Crippen LogP contribution in [0.15, 0.2) is 73.3 Å². The van der Waals surface area contributed by atoms with E-state index in [0.717, 1.165) is 0 Å². The topological polar surface area (TPSA) is 40.6 Å². The van der Waals surface area contributed by atoms with E-state index in [4.69, 9.17) is 0 Å². The molecule has 0 fully saturated rings. The van der Waals surface area contributed by atoms with E-state index >= 15 is 0 Å². The quantitative estimate of drug-likeness (QED) is 0.467. The van der Waals surface area contributed by atoms with Crippen LogP contribution in [0.5, 0.6) is 0 Å². The molecule has 2 rings (SSSR count). The number of nitrogens with zero attached hydrogens (tertiary/aromatic N) is 2. The van der Waals surface area contributed by atoms with E-state index in [-0.39, 0.29) is 11.8 Å². The van der Waals surface area contributed by atoms with Gasteiger partial charge in [0.25, 0.3) is 11.8 Å². The van der Waals surface area contributed by atoms with Gasteiger partial charge in [-0.1, -0.05) is 42.5 Å². The third-order valence-electron chi connectivity index (χ3n) is 3.74. The van der Waals surface area contributed by atoms with Crippen molar-refractivity contribution in [2.24, 2.45) is 0 Å². The summed E-state index contributed by atoms with van der Waals surface area (Å²) in [6.45, 7) is 10.0. The summed E-state index contributed by atoms with van der Waals surface area (Å²) in [5.74, 6) is -0.711. The standard InChI is InChI=1S/C21H24N2O2/c1-5-16-22(21(2,3)4)23(19(24)17-12-8-6-9-13-17)20(25)18-14-10-7-11-15-18/h5-15H,1,16H2,2-4H3. The molecule has 0 heterocycles. The maximum Gasteiger partial charge on any atom is 0.275 e. The second-order valence-corrected chi connectivity index (χ2v) is 6.70. The second-order valence-electron chi connectivity index (χ2n) is 6.70. The van der Waals surface area contributed by atoms with E-state index in [9.17, 15) is 9.59 Å². The van der Waals surface area contributed by atoms with Gasteiger partial charge in [-0.3, -0.25) is 9.59 Å². The van der Waals surface area contributed by atoms with Crippen LogP contribution in [0.25, 0.3) is 0 Å². The Morgan fingerprint density at radius 3 is 1.60 bits per heavy atom. The molecule has 130 valence electrons. The van der Waals surface area contributed by atoms with Gasteiger partial charge in [0.2, 0.25) is 0 Å². The molecule has 0 aliphatic rings. The first-order valence-electron chi connectivity index (χ1n) is 8.23. The molecule has 2 aromatic rings. The van der Waals surface area contributed by atoms with E-state index in [1.807, 2.05) is 32.9 Å². The first kappa shape index (κ1) is 18.6. The summed E-state index contributed by atoms with van der Waals surface area (Å²) in [7, 11) is 0. The Morgan fingerprint density at radius 1 is 0.880 bits per heavy atom. The summed E-state index contributed by atoms with van der Waals surface area (Å²) in [5.41, 5.74) is 0.485. The van der Waals surface area contributed by atoms with Gasteiger partial charge in [0.05, 0.1) is 0 Å². The van der Waals surface area contributed by atoms with Crippen molar-refractivity contribution in [3.8, 4) is 0 Å². The summed E-state index contributed by atoms with van der Waals surface area (Å²) in [5, 5.41) is 2.97. The fourth-order valence-corrected chi connectivity index (χ4v) is 2.50.